The second-order valence-corrected chi connectivity index (χ2v) is 13.7. The van der Waals surface area contributed by atoms with Gasteiger partial charge < -0.3 is 4.74 Å². The van der Waals surface area contributed by atoms with E-state index in [4.69, 9.17) is 9.73 Å². The largest absolute Gasteiger partial charge is 0.487 e. The van der Waals surface area contributed by atoms with Crippen molar-refractivity contribution < 1.29 is 9.13 Å². The summed E-state index contributed by atoms with van der Waals surface area (Å²) in [6.07, 6.45) is 3.58. The molecule has 0 radical (unpaired) electrons. The van der Waals surface area contributed by atoms with Gasteiger partial charge in [-0.15, -0.1) is 0 Å². The van der Waals surface area contributed by atoms with E-state index >= 15 is 0 Å². The summed E-state index contributed by atoms with van der Waals surface area (Å²) >= 11 is 5.97. The Morgan fingerprint density at radius 2 is 1.74 bits per heavy atom. The van der Waals surface area contributed by atoms with Crippen LogP contribution in [0.15, 0.2) is 106 Å². The number of halogens is 3. The summed E-state index contributed by atoms with van der Waals surface area (Å²) < 4.78 is 24.7. The molecule has 1 unspecified atom stereocenters. The molecule has 0 saturated carbocycles. The average Bonchev–Trinajstić information content (AvgIpc) is 3.30. The van der Waals surface area contributed by atoms with E-state index in [0.717, 1.165) is 59.3 Å². The molecular formula is C34H23FI2N2O2S. The van der Waals surface area contributed by atoms with E-state index < -0.39 is 0 Å². The van der Waals surface area contributed by atoms with Gasteiger partial charge in [-0.3, -0.25) is 9.36 Å². The second kappa shape index (κ2) is 11.5. The zero-order chi connectivity index (χ0) is 28.8. The first kappa shape index (κ1) is 27.7. The molecule has 7 rings (SSSR count). The molecular weight excluding hydrogens is 773 g/mol. The maximum absolute atomic E-state index is 14.2. The van der Waals surface area contributed by atoms with E-state index in [1.54, 1.807) is 16.7 Å². The number of benzene rings is 4. The number of ether oxygens (including phenoxy) is 1. The Kier molecular flexibility index (Phi) is 7.62. The number of aromatic nitrogens is 1. The zero-order valence-electron chi connectivity index (χ0n) is 22.2. The molecule has 1 aliphatic carbocycles. The van der Waals surface area contributed by atoms with Crippen molar-refractivity contribution in [3.05, 3.63) is 157 Å². The summed E-state index contributed by atoms with van der Waals surface area (Å²) in [5.41, 5.74) is 7.06. The monoisotopic (exact) mass is 796 g/mol. The van der Waals surface area contributed by atoms with Crippen molar-refractivity contribution in [2.75, 3.05) is 0 Å². The Bertz CT molecular complexity index is 2050. The van der Waals surface area contributed by atoms with Crippen molar-refractivity contribution in [3.8, 4) is 5.75 Å². The van der Waals surface area contributed by atoms with Gasteiger partial charge in [0.15, 0.2) is 4.80 Å². The number of allylic oxidation sites excluding steroid dienone is 1. The third-order valence-corrected chi connectivity index (χ3v) is 10.0. The van der Waals surface area contributed by atoms with Crippen LogP contribution in [0.4, 0.5) is 4.39 Å². The lowest BCUT2D eigenvalue weighted by molar-refractivity contribution is 0.303. The van der Waals surface area contributed by atoms with Crippen molar-refractivity contribution in [3.63, 3.8) is 0 Å². The van der Waals surface area contributed by atoms with Gasteiger partial charge in [0.05, 0.1) is 19.8 Å². The third-order valence-electron chi connectivity index (χ3n) is 7.61. The molecule has 0 spiro atoms. The van der Waals surface area contributed by atoms with Crippen molar-refractivity contribution in [2.24, 2.45) is 4.99 Å². The lowest BCUT2D eigenvalue weighted by Crippen LogP contribution is -2.38. The van der Waals surface area contributed by atoms with Gasteiger partial charge in [-0.1, -0.05) is 78.1 Å². The Hall–Kier alpha value is -3.09. The molecule has 1 aliphatic heterocycles. The normalized spacial score (nSPS) is 16.0. The molecule has 4 nitrogen and oxygen atoms in total. The molecule has 8 heteroatoms. The average molecular weight is 796 g/mol. The molecule has 42 heavy (non-hydrogen) atoms. The minimum absolute atomic E-state index is 0.110. The Balaban J connectivity index is 1.40. The lowest BCUT2D eigenvalue weighted by atomic mass is 9.83. The minimum Gasteiger partial charge on any atom is -0.487 e. The van der Waals surface area contributed by atoms with Crippen LogP contribution in [0.3, 0.4) is 0 Å². The smallest absolute Gasteiger partial charge is 0.271 e. The van der Waals surface area contributed by atoms with Crippen LogP contribution in [0.1, 0.15) is 40.3 Å². The summed E-state index contributed by atoms with van der Waals surface area (Å²) in [7, 11) is 0. The van der Waals surface area contributed by atoms with Crippen LogP contribution in [0, 0.1) is 13.0 Å². The number of nitrogens with zero attached hydrogens (tertiary/aromatic N) is 2. The summed E-state index contributed by atoms with van der Waals surface area (Å²) in [5.74, 6) is 0.444. The van der Waals surface area contributed by atoms with Crippen LogP contribution in [0.25, 0.3) is 11.8 Å². The van der Waals surface area contributed by atoms with E-state index in [1.165, 1.54) is 29.0 Å². The maximum Gasteiger partial charge on any atom is 0.271 e. The molecule has 1 atom stereocenters. The Labute approximate surface area is 273 Å². The first-order valence-corrected chi connectivity index (χ1v) is 16.5. The molecule has 2 aliphatic rings. The molecule has 2 heterocycles. The summed E-state index contributed by atoms with van der Waals surface area (Å²) in [6.45, 7) is 0.427. The predicted molar refractivity (Wildman–Crippen MR) is 182 cm³/mol. The molecule has 208 valence electrons. The molecule has 0 amide bonds. The molecule has 0 N–H and O–H groups in total. The highest BCUT2D eigenvalue weighted by molar-refractivity contribution is 14.1. The lowest BCUT2D eigenvalue weighted by Gasteiger charge is -2.30. The van der Waals surface area contributed by atoms with Gasteiger partial charge in [0.25, 0.3) is 5.56 Å². The zero-order valence-corrected chi connectivity index (χ0v) is 27.3. The van der Waals surface area contributed by atoms with Crippen molar-refractivity contribution >= 4 is 68.3 Å². The highest BCUT2D eigenvalue weighted by Crippen LogP contribution is 2.41. The van der Waals surface area contributed by atoms with E-state index in [2.05, 4.69) is 69.4 Å². The second-order valence-electron chi connectivity index (χ2n) is 10.2. The number of thiazole rings is 1. The SMILES string of the molecule is O=c1/c(=C\c2cc(I)cc(I)c2OCc2ccccc2)sc2n1C(c1ccc(F)cc1)C1=C(N=2)c2ccccc2CC1. The Morgan fingerprint density at radius 3 is 2.55 bits per heavy atom. The summed E-state index contributed by atoms with van der Waals surface area (Å²) in [4.78, 5) is 19.9. The van der Waals surface area contributed by atoms with Crippen molar-refractivity contribution in [2.45, 2.75) is 25.5 Å². The number of aryl methyl sites for hydroxylation is 1. The first-order valence-electron chi connectivity index (χ1n) is 13.5. The minimum atomic E-state index is -0.350. The van der Waals surface area contributed by atoms with Gasteiger partial charge in [0.1, 0.15) is 18.2 Å². The van der Waals surface area contributed by atoms with E-state index in [-0.39, 0.29) is 17.4 Å². The van der Waals surface area contributed by atoms with Crippen LogP contribution in [-0.2, 0) is 13.0 Å². The third kappa shape index (κ3) is 5.17. The van der Waals surface area contributed by atoms with Gasteiger partial charge in [0.2, 0.25) is 0 Å². The van der Waals surface area contributed by atoms with Gasteiger partial charge in [0, 0.05) is 14.7 Å². The number of hydrogen-bond acceptors (Lipinski definition) is 4. The standard InChI is InChI=1S/C34H23FI2N2O2S/c35-24-13-10-22(11-14-24)31-27-15-12-21-8-4-5-9-26(21)30(27)38-34-39(31)33(40)29(42-34)17-23-16-25(36)18-28(37)32(23)41-19-20-6-2-1-3-7-20/h1-11,13-14,16-18,31H,12,15,19H2/b29-17+. The van der Waals surface area contributed by atoms with Gasteiger partial charge in [-0.05, 0) is 111 Å². The van der Waals surface area contributed by atoms with Crippen LogP contribution in [-0.4, -0.2) is 4.57 Å². The highest BCUT2D eigenvalue weighted by atomic mass is 127. The van der Waals surface area contributed by atoms with E-state index in [0.29, 0.717) is 15.9 Å². The highest BCUT2D eigenvalue weighted by Gasteiger charge is 2.32. The quantitative estimate of drug-likeness (QED) is 0.176. The molecule has 0 saturated heterocycles. The van der Waals surface area contributed by atoms with Gasteiger partial charge in [-0.25, -0.2) is 9.38 Å². The van der Waals surface area contributed by atoms with E-state index in [1.807, 2.05) is 48.5 Å². The van der Waals surface area contributed by atoms with Crippen LogP contribution >= 0.6 is 56.5 Å². The topological polar surface area (TPSA) is 43.6 Å². The summed E-state index contributed by atoms with van der Waals surface area (Å²) in [5, 5.41) is 0. The molecule has 0 fully saturated rings. The van der Waals surface area contributed by atoms with Crippen LogP contribution in [0.5, 0.6) is 5.75 Å². The van der Waals surface area contributed by atoms with E-state index in [9.17, 15) is 9.18 Å². The number of rotatable bonds is 5. The Morgan fingerprint density at radius 1 is 0.976 bits per heavy atom. The first-order chi connectivity index (χ1) is 20.5. The van der Waals surface area contributed by atoms with Crippen LogP contribution < -0.4 is 19.6 Å². The number of fused-ring (bicyclic) bond motifs is 3. The molecule has 4 aromatic carbocycles. The fourth-order valence-electron chi connectivity index (χ4n) is 5.68. The van der Waals surface area contributed by atoms with Crippen LogP contribution in [0.2, 0.25) is 0 Å². The predicted octanol–water partition coefficient (Wildman–Crippen LogP) is 7.25. The fraction of sp³-hybridized carbons (Fsp3) is 0.118. The summed E-state index contributed by atoms with van der Waals surface area (Å²) in [6, 6.07) is 28.6. The van der Waals surface area contributed by atoms with Gasteiger partial charge >= 0.3 is 0 Å². The molecule has 0 bridgehead atoms. The number of hydrogen-bond donors (Lipinski definition) is 0. The maximum atomic E-state index is 14.2. The fourth-order valence-corrected chi connectivity index (χ4v) is 8.72. The van der Waals surface area contributed by atoms with Gasteiger partial charge in [-0.2, -0.15) is 0 Å². The molecule has 1 aromatic heterocycles. The molecule has 5 aromatic rings. The van der Waals surface area contributed by atoms with Crippen molar-refractivity contribution in [1.29, 1.82) is 0 Å². The van der Waals surface area contributed by atoms with Crippen molar-refractivity contribution in [1.82, 2.24) is 4.57 Å².